The second kappa shape index (κ2) is 9.18. The van der Waals surface area contributed by atoms with Crippen LogP contribution in [0.5, 0.6) is 0 Å². The molecule has 0 aliphatic carbocycles. The van der Waals surface area contributed by atoms with Gasteiger partial charge in [0.25, 0.3) is 0 Å². The van der Waals surface area contributed by atoms with Crippen molar-refractivity contribution in [3.63, 3.8) is 0 Å². The molecule has 1 aliphatic rings. The predicted octanol–water partition coefficient (Wildman–Crippen LogP) is 2.52. The summed E-state index contributed by atoms with van der Waals surface area (Å²) in [7, 11) is 0. The fraction of sp³-hybridized carbons (Fsp3) is 0.500. The molecule has 1 fully saturated rings. The largest absolute Gasteiger partial charge is 0.444 e. The topological polar surface area (TPSA) is 92.3 Å². The fourth-order valence-electron chi connectivity index (χ4n) is 3.62. The molecule has 30 heavy (non-hydrogen) atoms. The molecule has 0 spiro atoms. The number of alkyl carbamates (subject to hydrolysis) is 1. The highest BCUT2D eigenvalue weighted by Crippen LogP contribution is 2.13. The summed E-state index contributed by atoms with van der Waals surface area (Å²) in [5.74, 6) is 0. The van der Waals surface area contributed by atoms with Crippen molar-refractivity contribution in [3.05, 3.63) is 58.3 Å². The van der Waals surface area contributed by atoms with E-state index in [2.05, 4.69) is 16.3 Å². The first kappa shape index (κ1) is 21.7. The molecule has 1 aliphatic heterocycles. The highest BCUT2D eigenvalue weighted by molar-refractivity contribution is 5.68. The third-order valence-corrected chi connectivity index (χ3v) is 4.98. The lowest BCUT2D eigenvalue weighted by Gasteiger charge is -2.33. The maximum atomic E-state index is 12.8. The molecule has 8 nitrogen and oxygen atoms in total. The van der Waals surface area contributed by atoms with Gasteiger partial charge in [-0.25, -0.2) is 9.59 Å². The van der Waals surface area contributed by atoms with E-state index in [1.54, 1.807) is 27.6 Å². The molecule has 1 aromatic carbocycles. The zero-order valence-electron chi connectivity index (χ0n) is 17.8. The summed E-state index contributed by atoms with van der Waals surface area (Å²) in [5.41, 5.74) is 0.743. The maximum Gasteiger partial charge on any atom is 0.407 e. The van der Waals surface area contributed by atoms with Crippen LogP contribution in [0.1, 0.15) is 44.7 Å². The molecule has 1 atom stereocenters. The van der Waals surface area contributed by atoms with E-state index >= 15 is 0 Å². The average Bonchev–Trinajstić information content (AvgIpc) is 3.00. The number of carbonyl (C=O) groups is 1. The molecule has 1 aromatic heterocycles. The minimum Gasteiger partial charge on any atom is -0.444 e. The molecule has 2 aromatic rings. The van der Waals surface area contributed by atoms with Gasteiger partial charge in [-0.05, 0) is 51.8 Å². The summed E-state index contributed by atoms with van der Waals surface area (Å²) >= 11 is 0. The zero-order chi connectivity index (χ0) is 21.7. The maximum absolute atomic E-state index is 12.8. The number of carbonyl (C=O) groups excluding carboxylic acids is 1. The molecule has 0 saturated carbocycles. The van der Waals surface area contributed by atoms with E-state index in [4.69, 9.17) is 4.74 Å². The summed E-state index contributed by atoms with van der Waals surface area (Å²) in [4.78, 5) is 27.0. The Labute approximate surface area is 176 Å². The molecule has 0 radical (unpaired) electrons. The van der Waals surface area contributed by atoms with Gasteiger partial charge in [-0.15, -0.1) is 0 Å². The van der Waals surface area contributed by atoms with E-state index in [9.17, 15) is 14.9 Å². The summed E-state index contributed by atoms with van der Waals surface area (Å²) < 4.78 is 8.61. The second-order valence-corrected chi connectivity index (χ2v) is 8.65. The fourth-order valence-corrected chi connectivity index (χ4v) is 3.62. The van der Waals surface area contributed by atoms with Gasteiger partial charge in [0.05, 0.1) is 24.8 Å². The van der Waals surface area contributed by atoms with E-state index in [0.29, 0.717) is 25.3 Å². The van der Waals surface area contributed by atoms with Crippen LogP contribution in [0.2, 0.25) is 0 Å². The van der Waals surface area contributed by atoms with E-state index in [-0.39, 0.29) is 11.7 Å². The molecule has 0 bridgehead atoms. The first-order chi connectivity index (χ1) is 14.2. The van der Waals surface area contributed by atoms with Crippen molar-refractivity contribution in [2.24, 2.45) is 0 Å². The van der Waals surface area contributed by atoms with Crippen molar-refractivity contribution >= 4 is 6.09 Å². The van der Waals surface area contributed by atoms with Crippen molar-refractivity contribution in [3.8, 4) is 6.07 Å². The Bertz CT molecular complexity index is 980. The SMILES string of the molecule is CC(C)(C)OC(=O)N[C@@H]1CCCN(Cn2ccn(Cc3ccccc3C#N)c2=O)C1. The molecule has 1 saturated heterocycles. The molecule has 3 rings (SSSR count). The minimum atomic E-state index is -0.529. The number of aromatic nitrogens is 2. The summed E-state index contributed by atoms with van der Waals surface area (Å²) in [6.07, 6.45) is 4.93. The van der Waals surface area contributed by atoms with E-state index in [1.165, 1.54) is 0 Å². The van der Waals surface area contributed by atoms with E-state index < -0.39 is 11.7 Å². The number of nitriles is 1. The Kier molecular flexibility index (Phi) is 6.63. The standard InChI is InChI=1S/C22H29N5O3/c1-22(2,3)30-20(28)24-19-9-6-10-25(15-19)16-27-12-11-26(21(27)29)14-18-8-5-4-7-17(18)13-23/h4-5,7-8,11-12,19H,6,9-10,14-16H2,1-3H3,(H,24,28)/t19-/m1/s1. The number of piperidine rings is 1. The van der Waals surface area contributed by atoms with Gasteiger partial charge in [-0.3, -0.25) is 14.0 Å². The van der Waals surface area contributed by atoms with Crippen molar-refractivity contribution in [2.45, 2.75) is 58.5 Å². The van der Waals surface area contributed by atoms with E-state index in [1.807, 2.05) is 39.0 Å². The quantitative estimate of drug-likeness (QED) is 0.816. The van der Waals surface area contributed by atoms with Crippen LogP contribution in [-0.4, -0.2) is 44.9 Å². The Morgan fingerprint density at radius 3 is 2.73 bits per heavy atom. The number of rotatable bonds is 5. The third-order valence-electron chi connectivity index (χ3n) is 4.98. The molecule has 2 heterocycles. The highest BCUT2D eigenvalue weighted by atomic mass is 16.6. The van der Waals surface area contributed by atoms with Crippen molar-refractivity contribution in [1.29, 1.82) is 5.26 Å². The van der Waals surface area contributed by atoms with Gasteiger partial charge in [0.2, 0.25) is 0 Å². The van der Waals surface area contributed by atoms with Gasteiger partial charge in [0.1, 0.15) is 5.60 Å². The van der Waals surface area contributed by atoms with Crippen LogP contribution < -0.4 is 11.0 Å². The Balaban J connectivity index is 1.61. The Hall–Kier alpha value is -3.05. The number of likely N-dealkylation sites (tertiary alicyclic amines) is 1. The zero-order valence-corrected chi connectivity index (χ0v) is 17.8. The van der Waals surface area contributed by atoms with Crippen LogP contribution in [0.25, 0.3) is 0 Å². The Morgan fingerprint density at radius 2 is 2.00 bits per heavy atom. The molecular formula is C22H29N5O3. The van der Waals surface area contributed by atoms with Crippen LogP contribution in [0.4, 0.5) is 4.79 Å². The van der Waals surface area contributed by atoms with Gasteiger partial charge in [0.15, 0.2) is 0 Å². The first-order valence-electron chi connectivity index (χ1n) is 10.2. The minimum absolute atomic E-state index is 0.00565. The van der Waals surface area contributed by atoms with Crippen LogP contribution in [0.3, 0.4) is 0 Å². The average molecular weight is 412 g/mol. The number of nitrogens with one attached hydrogen (secondary N) is 1. The smallest absolute Gasteiger partial charge is 0.407 e. The van der Waals surface area contributed by atoms with Crippen LogP contribution >= 0.6 is 0 Å². The number of hydrogen-bond acceptors (Lipinski definition) is 5. The van der Waals surface area contributed by atoms with Crippen LogP contribution in [0.15, 0.2) is 41.5 Å². The van der Waals surface area contributed by atoms with Gasteiger partial charge in [-0.2, -0.15) is 5.26 Å². The number of imidazole rings is 1. The van der Waals surface area contributed by atoms with Gasteiger partial charge in [-0.1, -0.05) is 18.2 Å². The molecule has 8 heteroatoms. The molecule has 0 unspecified atom stereocenters. The molecule has 1 amide bonds. The lowest BCUT2D eigenvalue weighted by molar-refractivity contribution is 0.0461. The van der Waals surface area contributed by atoms with Gasteiger partial charge in [0, 0.05) is 25.0 Å². The molecular weight excluding hydrogens is 382 g/mol. The van der Waals surface area contributed by atoms with Gasteiger partial charge >= 0.3 is 11.8 Å². The van der Waals surface area contributed by atoms with Crippen LogP contribution in [-0.2, 0) is 18.0 Å². The van der Waals surface area contributed by atoms with Crippen molar-refractivity contribution < 1.29 is 9.53 Å². The summed E-state index contributed by atoms with van der Waals surface area (Å²) in [5, 5.41) is 12.2. The second-order valence-electron chi connectivity index (χ2n) is 8.65. The Morgan fingerprint density at radius 1 is 1.27 bits per heavy atom. The predicted molar refractivity (Wildman–Crippen MR) is 113 cm³/mol. The third kappa shape index (κ3) is 5.74. The van der Waals surface area contributed by atoms with E-state index in [0.717, 1.165) is 24.9 Å². The summed E-state index contributed by atoms with van der Waals surface area (Å²) in [6.45, 7) is 7.86. The number of benzene rings is 1. The van der Waals surface area contributed by atoms with Crippen molar-refractivity contribution in [1.82, 2.24) is 19.4 Å². The lowest BCUT2D eigenvalue weighted by atomic mass is 10.1. The molecule has 160 valence electrons. The number of nitrogens with zero attached hydrogens (tertiary/aromatic N) is 4. The number of hydrogen-bond donors (Lipinski definition) is 1. The first-order valence-corrected chi connectivity index (χ1v) is 10.2. The monoisotopic (exact) mass is 411 g/mol. The summed E-state index contributed by atoms with van der Waals surface area (Å²) in [6, 6.07) is 9.45. The lowest BCUT2D eigenvalue weighted by Crippen LogP contribution is -2.49. The van der Waals surface area contributed by atoms with Gasteiger partial charge < -0.3 is 10.1 Å². The molecule has 1 N–H and O–H groups in total. The van der Waals surface area contributed by atoms with Crippen LogP contribution in [0, 0.1) is 11.3 Å². The van der Waals surface area contributed by atoms with Crippen molar-refractivity contribution in [2.75, 3.05) is 13.1 Å². The number of ether oxygens (including phenoxy) is 1. The number of amides is 1. The normalized spacial score (nSPS) is 17.3. The highest BCUT2D eigenvalue weighted by Gasteiger charge is 2.24.